The van der Waals surface area contributed by atoms with E-state index in [1.165, 1.54) is 27.8 Å². The molecule has 0 aliphatic heterocycles. The first-order valence-electron chi connectivity index (χ1n) is 9.84. The highest BCUT2D eigenvalue weighted by molar-refractivity contribution is 6.64. The molecule has 2 atom stereocenters. The van der Waals surface area contributed by atoms with Gasteiger partial charge in [0.2, 0.25) is 0 Å². The number of benzene rings is 1. The van der Waals surface area contributed by atoms with Crippen molar-refractivity contribution >= 4 is 20.2 Å². The SMILES string of the molecule is CCC1=CC2=CC=CCC(C=[Si](C)C)C2=C1C1C(C)=Cc2ccccc21. The molecule has 4 rings (SSSR count). The van der Waals surface area contributed by atoms with Crippen molar-refractivity contribution < 1.29 is 0 Å². The molecule has 0 radical (unpaired) electrons. The van der Waals surface area contributed by atoms with Crippen molar-refractivity contribution in [1.29, 1.82) is 0 Å². The fraction of sp³-hybridized carbons (Fsp3) is 0.320. The molecule has 1 heteroatoms. The van der Waals surface area contributed by atoms with E-state index in [-0.39, 0.29) is 8.41 Å². The summed E-state index contributed by atoms with van der Waals surface area (Å²) in [5.41, 5.74) is 13.2. The van der Waals surface area contributed by atoms with E-state index >= 15 is 0 Å². The van der Waals surface area contributed by atoms with Crippen LogP contribution < -0.4 is 0 Å². The minimum atomic E-state index is -0.389. The van der Waals surface area contributed by atoms with Crippen LogP contribution in [-0.4, -0.2) is 14.1 Å². The largest absolute Gasteiger partial charge is 0.0963 e. The Hall–Kier alpha value is -1.99. The van der Waals surface area contributed by atoms with Crippen LogP contribution in [0, 0.1) is 5.92 Å². The average molecular weight is 357 g/mol. The van der Waals surface area contributed by atoms with Gasteiger partial charge in [0.1, 0.15) is 0 Å². The van der Waals surface area contributed by atoms with E-state index in [4.69, 9.17) is 0 Å². The quantitative estimate of drug-likeness (QED) is 0.544. The van der Waals surface area contributed by atoms with Crippen LogP contribution in [0.25, 0.3) is 6.08 Å². The Bertz CT molecular complexity index is 927. The summed E-state index contributed by atoms with van der Waals surface area (Å²) in [7, 11) is -0.389. The molecule has 0 spiro atoms. The zero-order valence-electron chi connectivity index (χ0n) is 16.3. The Labute approximate surface area is 159 Å². The minimum Gasteiger partial charge on any atom is -0.0963 e. The van der Waals surface area contributed by atoms with E-state index in [0.717, 1.165) is 12.8 Å². The second-order valence-corrected chi connectivity index (χ2v) is 10.4. The van der Waals surface area contributed by atoms with Gasteiger partial charge in [0.25, 0.3) is 0 Å². The molecule has 0 saturated carbocycles. The lowest BCUT2D eigenvalue weighted by molar-refractivity contribution is 0.826. The van der Waals surface area contributed by atoms with Crippen molar-refractivity contribution in [2.45, 2.75) is 45.7 Å². The monoisotopic (exact) mass is 356 g/mol. The molecule has 0 heterocycles. The van der Waals surface area contributed by atoms with Gasteiger partial charge in [0.15, 0.2) is 0 Å². The van der Waals surface area contributed by atoms with Crippen LogP contribution in [0.3, 0.4) is 0 Å². The molecule has 3 aliphatic carbocycles. The van der Waals surface area contributed by atoms with E-state index in [0.29, 0.717) is 11.8 Å². The number of fused-ring (bicyclic) bond motifs is 2. The third kappa shape index (κ3) is 2.89. The van der Waals surface area contributed by atoms with E-state index in [2.05, 4.69) is 87.3 Å². The Morgan fingerprint density at radius 3 is 2.69 bits per heavy atom. The van der Waals surface area contributed by atoms with Gasteiger partial charge in [-0.15, -0.1) is 0 Å². The number of rotatable bonds is 3. The third-order valence-electron chi connectivity index (χ3n) is 5.80. The first kappa shape index (κ1) is 17.4. The molecule has 0 aromatic heterocycles. The van der Waals surface area contributed by atoms with Crippen LogP contribution in [0.5, 0.6) is 0 Å². The molecule has 1 aromatic carbocycles. The number of hydrogen-bond acceptors (Lipinski definition) is 0. The van der Waals surface area contributed by atoms with Crippen LogP contribution in [0.4, 0.5) is 0 Å². The smallest absolute Gasteiger partial charge is 0.0311 e. The van der Waals surface area contributed by atoms with Crippen LogP contribution in [0.15, 0.2) is 76.4 Å². The predicted molar refractivity (Wildman–Crippen MR) is 117 cm³/mol. The van der Waals surface area contributed by atoms with Crippen molar-refractivity contribution in [2.24, 2.45) is 5.92 Å². The lowest BCUT2D eigenvalue weighted by Gasteiger charge is -2.24. The average Bonchev–Trinajstić information content (AvgIpc) is 3.06. The van der Waals surface area contributed by atoms with Gasteiger partial charge >= 0.3 is 0 Å². The van der Waals surface area contributed by atoms with Crippen molar-refractivity contribution in [3.05, 3.63) is 87.6 Å². The molecular weight excluding hydrogens is 328 g/mol. The highest BCUT2D eigenvalue weighted by Crippen LogP contribution is 2.51. The maximum Gasteiger partial charge on any atom is 0.0311 e. The molecule has 0 nitrogen and oxygen atoms in total. The molecule has 3 aliphatic rings. The Morgan fingerprint density at radius 2 is 1.92 bits per heavy atom. The van der Waals surface area contributed by atoms with E-state index in [1.54, 1.807) is 11.1 Å². The van der Waals surface area contributed by atoms with E-state index in [1.807, 2.05) is 0 Å². The Balaban J connectivity index is 1.94. The van der Waals surface area contributed by atoms with Gasteiger partial charge in [-0.3, -0.25) is 0 Å². The summed E-state index contributed by atoms with van der Waals surface area (Å²) >= 11 is 0. The Morgan fingerprint density at radius 1 is 1.12 bits per heavy atom. The van der Waals surface area contributed by atoms with E-state index < -0.39 is 0 Å². The van der Waals surface area contributed by atoms with Crippen molar-refractivity contribution in [3.63, 3.8) is 0 Å². The summed E-state index contributed by atoms with van der Waals surface area (Å²) in [6.07, 6.45) is 14.1. The van der Waals surface area contributed by atoms with E-state index in [9.17, 15) is 0 Å². The van der Waals surface area contributed by atoms with Crippen LogP contribution in [0.2, 0.25) is 13.1 Å². The first-order chi connectivity index (χ1) is 12.6. The predicted octanol–water partition coefficient (Wildman–Crippen LogP) is 6.47. The summed E-state index contributed by atoms with van der Waals surface area (Å²) in [4.78, 5) is 0. The zero-order chi connectivity index (χ0) is 18.3. The van der Waals surface area contributed by atoms with Crippen LogP contribution >= 0.6 is 0 Å². The summed E-state index contributed by atoms with van der Waals surface area (Å²) in [5.74, 6) is 0.983. The maximum absolute atomic E-state index is 2.65. The molecule has 0 bridgehead atoms. The number of hydrogen-bond donors (Lipinski definition) is 0. The molecule has 26 heavy (non-hydrogen) atoms. The lowest BCUT2D eigenvalue weighted by atomic mass is 9.80. The highest BCUT2D eigenvalue weighted by Gasteiger charge is 2.35. The molecule has 2 unspecified atom stereocenters. The second-order valence-electron chi connectivity index (χ2n) is 7.94. The first-order valence-corrected chi connectivity index (χ1v) is 12.4. The molecule has 132 valence electrons. The molecule has 0 amide bonds. The number of allylic oxidation sites excluding steroid dienone is 9. The maximum atomic E-state index is 2.65. The Kier molecular flexibility index (Phi) is 4.66. The van der Waals surface area contributed by atoms with Gasteiger partial charge in [-0.1, -0.05) is 85.9 Å². The topological polar surface area (TPSA) is 0 Å². The van der Waals surface area contributed by atoms with Gasteiger partial charge < -0.3 is 0 Å². The third-order valence-corrected chi connectivity index (χ3v) is 6.87. The minimum absolute atomic E-state index is 0.389. The summed E-state index contributed by atoms with van der Waals surface area (Å²) in [5, 5.41) is 0. The molecule has 1 aromatic rings. The highest BCUT2D eigenvalue weighted by atomic mass is 28.2. The molecule has 0 saturated heterocycles. The summed E-state index contributed by atoms with van der Waals surface area (Å²) < 4.78 is 0. The summed E-state index contributed by atoms with van der Waals surface area (Å²) in [6, 6.07) is 8.96. The van der Waals surface area contributed by atoms with Gasteiger partial charge in [-0.25, -0.2) is 0 Å². The van der Waals surface area contributed by atoms with Crippen LogP contribution in [0.1, 0.15) is 43.7 Å². The van der Waals surface area contributed by atoms with Crippen LogP contribution in [-0.2, 0) is 0 Å². The zero-order valence-corrected chi connectivity index (χ0v) is 17.3. The van der Waals surface area contributed by atoms with Gasteiger partial charge in [-0.05, 0) is 61.6 Å². The van der Waals surface area contributed by atoms with Gasteiger partial charge in [0, 0.05) is 11.8 Å². The fourth-order valence-corrected chi connectivity index (χ4v) is 5.90. The lowest BCUT2D eigenvalue weighted by Crippen LogP contribution is -2.14. The standard InChI is InChI=1S/C25H28Si/c1-5-18-15-20-11-6-7-12-21(16-26(3)4)24(20)25(18)23-17(2)14-19-10-8-9-13-22(19)23/h6-11,13-16,21,23H,5,12H2,1-4H3. The molecule has 0 N–H and O–H groups in total. The van der Waals surface area contributed by atoms with Crippen molar-refractivity contribution in [1.82, 2.24) is 0 Å². The van der Waals surface area contributed by atoms with Crippen molar-refractivity contribution in [3.8, 4) is 0 Å². The summed E-state index contributed by atoms with van der Waals surface area (Å²) in [6.45, 7) is 9.43. The second kappa shape index (κ2) is 6.96. The normalized spacial score (nSPS) is 23.8. The molecular formula is C25H28Si. The molecule has 0 fully saturated rings. The fourth-order valence-electron chi connectivity index (χ4n) is 4.79. The van der Waals surface area contributed by atoms with Gasteiger partial charge in [0.05, 0.1) is 0 Å². The van der Waals surface area contributed by atoms with Crippen molar-refractivity contribution in [2.75, 3.05) is 0 Å². The van der Waals surface area contributed by atoms with Gasteiger partial charge in [-0.2, -0.15) is 0 Å².